The molecule has 0 radical (unpaired) electrons. The lowest BCUT2D eigenvalue weighted by Crippen LogP contribution is -2.09. The van der Waals surface area contributed by atoms with Crippen LogP contribution in [-0.2, 0) is 16.1 Å². The smallest absolute Gasteiger partial charge is 0.168 e. The van der Waals surface area contributed by atoms with Gasteiger partial charge in [0.25, 0.3) is 0 Å². The van der Waals surface area contributed by atoms with E-state index in [-0.39, 0.29) is 0 Å². The van der Waals surface area contributed by atoms with Gasteiger partial charge in [-0.3, -0.25) is 9.79 Å². The molecule has 0 aromatic heterocycles. The number of benzene rings is 1. The van der Waals surface area contributed by atoms with Gasteiger partial charge in [-0.25, -0.2) is 0 Å². The molecule has 0 spiro atoms. The van der Waals surface area contributed by atoms with Crippen LogP contribution in [-0.4, -0.2) is 19.1 Å². The average Bonchev–Trinajstić information content (AvgIpc) is 2.25. The highest BCUT2D eigenvalue weighted by Gasteiger charge is 2.10. The highest BCUT2D eigenvalue weighted by Crippen LogP contribution is 2.12. The summed E-state index contributed by atoms with van der Waals surface area (Å²) >= 11 is 0. The van der Waals surface area contributed by atoms with Crippen molar-refractivity contribution in [2.75, 3.05) is 6.61 Å². The Morgan fingerprint density at radius 3 is 2.60 bits per heavy atom. The van der Waals surface area contributed by atoms with Crippen LogP contribution in [0.3, 0.4) is 0 Å². The lowest BCUT2D eigenvalue weighted by Gasteiger charge is -2.11. The van der Waals surface area contributed by atoms with E-state index in [4.69, 9.17) is 4.74 Å². The predicted octanol–water partition coefficient (Wildman–Crippen LogP) is 1.74. The molecule has 2 rings (SSSR count). The van der Waals surface area contributed by atoms with E-state index in [0.717, 1.165) is 17.4 Å². The number of ether oxygens (including phenoxy) is 1. The van der Waals surface area contributed by atoms with Crippen LogP contribution in [0.4, 0.5) is 0 Å². The van der Waals surface area contributed by atoms with Crippen LogP contribution in [0.2, 0.25) is 0 Å². The summed E-state index contributed by atoms with van der Waals surface area (Å²) in [7, 11) is 0. The molecule has 0 saturated carbocycles. The summed E-state index contributed by atoms with van der Waals surface area (Å²) in [6.07, 6.45) is 2.41. The second-order valence-electron chi connectivity index (χ2n) is 3.26. The van der Waals surface area contributed by atoms with E-state index in [1.165, 1.54) is 0 Å². The predicted molar refractivity (Wildman–Crippen MR) is 57.7 cm³/mol. The number of rotatable bonds is 5. The molecule has 0 atom stereocenters. The molecule has 0 amide bonds. The van der Waals surface area contributed by atoms with E-state index >= 15 is 0 Å². The number of allylic oxidation sites excluding steroid dienone is 1. The minimum absolute atomic E-state index is 0.451. The van der Waals surface area contributed by atoms with Crippen molar-refractivity contribution in [2.24, 2.45) is 4.99 Å². The standard InChI is InChI=1S/C12H11NO2/c14-7-12-11(6-13-12)9-15-8-10-4-2-1-3-5-10/h1-7H,8-9H2. The van der Waals surface area contributed by atoms with E-state index < -0.39 is 0 Å². The van der Waals surface area contributed by atoms with Gasteiger partial charge < -0.3 is 4.74 Å². The van der Waals surface area contributed by atoms with Gasteiger partial charge in [-0.1, -0.05) is 30.3 Å². The number of nitrogens with zero attached hydrogens (tertiary/aromatic N) is 1. The number of hydrogen-bond acceptors (Lipinski definition) is 3. The van der Waals surface area contributed by atoms with Crippen molar-refractivity contribution < 1.29 is 9.53 Å². The van der Waals surface area contributed by atoms with Crippen molar-refractivity contribution in [3.63, 3.8) is 0 Å². The third kappa shape index (κ3) is 2.39. The number of aldehydes is 1. The number of carbonyl (C=O) groups excluding carboxylic acids is 1. The van der Waals surface area contributed by atoms with Crippen LogP contribution in [0.15, 0.2) is 46.6 Å². The molecule has 1 aromatic carbocycles. The van der Waals surface area contributed by atoms with Gasteiger partial charge in [0.15, 0.2) is 6.29 Å². The van der Waals surface area contributed by atoms with E-state index in [1.807, 2.05) is 30.3 Å². The fourth-order valence-corrected chi connectivity index (χ4v) is 1.30. The summed E-state index contributed by atoms with van der Waals surface area (Å²) in [6.45, 7) is 1.01. The Hall–Kier alpha value is -1.74. The fraction of sp³-hybridized carbons (Fsp3) is 0.167. The summed E-state index contributed by atoms with van der Waals surface area (Å²) in [5, 5.41) is 0. The molecule has 0 bridgehead atoms. The van der Waals surface area contributed by atoms with Gasteiger partial charge in [-0.2, -0.15) is 0 Å². The third-order valence-electron chi connectivity index (χ3n) is 2.17. The fourth-order valence-electron chi connectivity index (χ4n) is 1.30. The first-order chi connectivity index (χ1) is 7.40. The molecule has 0 saturated heterocycles. The van der Waals surface area contributed by atoms with Crippen LogP contribution in [0, 0.1) is 0 Å². The second-order valence-corrected chi connectivity index (χ2v) is 3.26. The van der Waals surface area contributed by atoms with E-state index in [1.54, 1.807) is 6.21 Å². The maximum atomic E-state index is 10.4. The first-order valence-electron chi connectivity index (χ1n) is 4.74. The summed E-state index contributed by atoms with van der Waals surface area (Å²) in [6, 6.07) is 9.92. The van der Waals surface area contributed by atoms with Crippen LogP contribution in [0.1, 0.15) is 5.56 Å². The average molecular weight is 201 g/mol. The SMILES string of the molecule is O=CC1=C(COCc2ccccc2)C=N1. The molecule has 76 valence electrons. The van der Waals surface area contributed by atoms with E-state index in [0.29, 0.717) is 18.9 Å². The molecular weight excluding hydrogens is 190 g/mol. The molecular formula is C12H11NO2. The zero-order chi connectivity index (χ0) is 10.5. The maximum absolute atomic E-state index is 10.4. The van der Waals surface area contributed by atoms with Crippen LogP contribution < -0.4 is 0 Å². The molecule has 1 heterocycles. The minimum Gasteiger partial charge on any atom is -0.372 e. The highest BCUT2D eigenvalue weighted by atomic mass is 16.5. The van der Waals surface area contributed by atoms with Gasteiger partial charge in [-0.05, 0) is 5.56 Å². The first-order valence-corrected chi connectivity index (χ1v) is 4.74. The Balaban J connectivity index is 1.79. The Morgan fingerprint density at radius 1 is 1.20 bits per heavy atom. The number of hydrogen-bond donors (Lipinski definition) is 0. The number of carbonyl (C=O) groups is 1. The Morgan fingerprint density at radius 2 is 2.00 bits per heavy atom. The lowest BCUT2D eigenvalue weighted by molar-refractivity contribution is -0.105. The molecule has 1 aliphatic rings. The summed E-state index contributed by atoms with van der Waals surface area (Å²) in [4.78, 5) is 14.2. The van der Waals surface area contributed by atoms with Crippen LogP contribution in [0.5, 0.6) is 0 Å². The van der Waals surface area contributed by atoms with Gasteiger partial charge in [0.2, 0.25) is 0 Å². The van der Waals surface area contributed by atoms with Gasteiger partial charge >= 0.3 is 0 Å². The normalized spacial score (nSPS) is 13.9. The van der Waals surface area contributed by atoms with Crippen LogP contribution in [0.25, 0.3) is 0 Å². The zero-order valence-corrected chi connectivity index (χ0v) is 8.22. The van der Waals surface area contributed by atoms with Crippen molar-refractivity contribution in [2.45, 2.75) is 6.61 Å². The lowest BCUT2D eigenvalue weighted by atomic mass is 10.2. The summed E-state index contributed by atoms with van der Waals surface area (Å²) < 4.78 is 5.45. The molecule has 3 nitrogen and oxygen atoms in total. The van der Waals surface area contributed by atoms with Crippen molar-refractivity contribution in [3.05, 3.63) is 47.2 Å². The van der Waals surface area contributed by atoms with E-state index in [9.17, 15) is 4.79 Å². The molecule has 3 heteroatoms. The molecule has 0 aliphatic carbocycles. The molecule has 0 fully saturated rings. The maximum Gasteiger partial charge on any atom is 0.168 e. The van der Waals surface area contributed by atoms with Crippen molar-refractivity contribution in [1.82, 2.24) is 0 Å². The summed E-state index contributed by atoms with van der Waals surface area (Å²) in [5.74, 6) is 0. The van der Waals surface area contributed by atoms with Gasteiger partial charge in [0.1, 0.15) is 5.70 Å². The quantitative estimate of drug-likeness (QED) is 0.680. The van der Waals surface area contributed by atoms with Gasteiger partial charge in [-0.15, -0.1) is 0 Å². The van der Waals surface area contributed by atoms with Crippen molar-refractivity contribution in [1.29, 1.82) is 0 Å². The zero-order valence-electron chi connectivity index (χ0n) is 8.22. The Bertz CT molecular complexity index is 403. The van der Waals surface area contributed by atoms with Crippen molar-refractivity contribution in [3.8, 4) is 0 Å². The second kappa shape index (κ2) is 4.66. The minimum atomic E-state index is 0.451. The Labute approximate surface area is 88.1 Å². The topological polar surface area (TPSA) is 38.7 Å². The van der Waals surface area contributed by atoms with E-state index in [2.05, 4.69) is 4.99 Å². The molecule has 1 aliphatic heterocycles. The Kier molecular flexibility index (Phi) is 3.05. The number of aliphatic imine (C=N–C) groups is 1. The first kappa shape index (κ1) is 9.80. The van der Waals surface area contributed by atoms with Gasteiger partial charge in [0, 0.05) is 11.8 Å². The van der Waals surface area contributed by atoms with Gasteiger partial charge in [0.05, 0.1) is 13.2 Å². The third-order valence-corrected chi connectivity index (χ3v) is 2.17. The molecule has 15 heavy (non-hydrogen) atoms. The monoisotopic (exact) mass is 201 g/mol. The molecule has 0 unspecified atom stereocenters. The summed E-state index contributed by atoms with van der Waals surface area (Å²) in [5.41, 5.74) is 2.51. The molecule has 0 N–H and O–H groups in total. The van der Waals surface area contributed by atoms with Crippen molar-refractivity contribution >= 4 is 12.5 Å². The largest absolute Gasteiger partial charge is 0.372 e. The molecule has 1 aromatic rings. The van der Waals surface area contributed by atoms with Crippen LogP contribution >= 0.6 is 0 Å². The highest BCUT2D eigenvalue weighted by molar-refractivity contribution is 5.97.